The summed E-state index contributed by atoms with van der Waals surface area (Å²) in [6.07, 6.45) is 0.154. The summed E-state index contributed by atoms with van der Waals surface area (Å²) in [7, 11) is -3.01. The molecule has 1 rings (SSSR count). The van der Waals surface area contributed by atoms with Crippen molar-refractivity contribution in [1.29, 1.82) is 0 Å². The second-order valence-electron chi connectivity index (χ2n) is 4.99. The van der Waals surface area contributed by atoms with Crippen molar-refractivity contribution in [2.75, 3.05) is 24.7 Å². The Labute approximate surface area is 108 Å². The maximum absolute atomic E-state index is 11.7. The van der Waals surface area contributed by atoms with Gasteiger partial charge in [-0.1, -0.05) is 6.92 Å². The van der Waals surface area contributed by atoms with Gasteiger partial charge in [-0.05, 0) is 12.8 Å². The van der Waals surface area contributed by atoms with Crippen molar-refractivity contribution < 1.29 is 18.3 Å². The third-order valence-electron chi connectivity index (χ3n) is 3.26. The Hall–Kier alpha value is -0.660. The molecule has 3 N–H and O–H groups in total. The zero-order chi connectivity index (χ0) is 13.8. The molecule has 3 atom stereocenters. The molecule has 6 nitrogen and oxygen atoms in total. The minimum atomic E-state index is -3.01. The van der Waals surface area contributed by atoms with Crippen LogP contribution >= 0.6 is 0 Å². The van der Waals surface area contributed by atoms with Gasteiger partial charge in [-0.25, -0.2) is 8.42 Å². The van der Waals surface area contributed by atoms with Gasteiger partial charge in [0, 0.05) is 31.7 Å². The van der Waals surface area contributed by atoms with Crippen molar-refractivity contribution >= 4 is 15.7 Å². The molecule has 0 aromatic rings. The highest BCUT2D eigenvalue weighted by molar-refractivity contribution is 7.91. The Bertz CT molecular complexity index is 383. The van der Waals surface area contributed by atoms with Gasteiger partial charge in [-0.3, -0.25) is 4.79 Å². The molecular formula is C11H22N2O4S. The summed E-state index contributed by atoms with van der Waals surface area (Å²) in [6.45, 7) is 4.08. The first kappa shape index (κ1) is 15.4. The van der Waals surface area contributed by atoms with Crippen molar-refractivity contribution in [3.63, 3.8) is 0 Å². The van der Waals surface area contributed by atoms with E-state index in [4.69, 9.17) is 5.11 Å². The Kier molecular flexibility index (Phi) is 5.55. The van der Waals surface area contributed by atoms with Gasteiger partial charge >= 0.3 is 0 Å². The smallest absolute Gasteiger partial charge is 0.221 e. The van der Waals surface area contributed by atoms with Crippen LogP contribution in [0.1, 0.15) is 20.3 Å². The lowest BCUT2D eigenvalue weighted by Crippen LogP contribution is -2.48. The van der Waals surface area contributed by atoms with Gasteiger partial charge in [0.15, 0.2) is 9.84 Å². The number of nitrogens with one attached hydrogen (secondary N) is 2. The maximum atomic E-state index is 11.7. The van der Waals surface area contributed by atoms with E-state index in [0.717, 1.165) is 0 Å². The zero-order valence-corrected chi connectivity index (χ0v) is 11.7. The van der Waals surface area contributed by atoms with E-state index < -0.39 is 9.84 Å². The monoisotopic (exact) mass is 278 g/mol. The van der Waals surface area contributed by atoms with Gasteiger partial charge in [-0.15, -0.1) is 0 Å². The van der Waals surface area contributed by atoms with Crippen molar-refractivity contribution in [2.45, 2.75) is 32.4 Å². The Morgan fingerprint density at radius 2 is 2.17 bits per heavy atom. The number of hydrogen-bond donors (Lipinski definition) is 3. The number of aliphatic hydroxyl groups excluding tert-OH is 1. The summed E-state index contributed by atoms with van der Waals surface area (Å²) in [4.78, 5) is 11.7. The first-order chi connectivity index (χ1) is 8.34. The van der Waals surface area contributed by atoms with Crippen molar-refractivity contribution in [2.24, 2.45) is 5.92 Å². The maximum Gasteiger partial charge on any atom is 0.221 e. The van der Waals surface area contributed by atoms with Crippen LogP contribution in [0.25, 0.3) is 0 Å². The Balaban J connectivity index is 2.40. The third kappa shape index (κ3) is 4.91. The summed E-state index contributed by atoms with van der Waals surface area (Å²) in [5.74, 6) is -0.0395. The minimum absolute atomic E-state index is 0.0114. The summed E-state index contributed by atoms with van der Waals surface area (Å²) in [5, 5.41) is 14.8. The fourth-order valence-corrected chi connectivity index (χ4v) is 3.28. The Morgan fingerprint density at radius 1 is 1.50 bits per heavy atom. The lowest BCUT2D eigenvalue weighted by atomic mass is 10.0. The lowest BCUT2D eigenvalue weighted by Gasteiger charge is -2.25. The fourth-order valence-electron chi connectivity index (χ4n) is 1.84. The van der Waals surface area contributed by atoms with Crippen molar-refractivity contribution in [1.82, 2.24) is 10.6 Å². The predicted octanol–water partition coefficient (Wildman–Crippen LogP) is -1.10. The van der Waals surface area contributed by atoms with Gasteiger partial charge in [0.1, 0.15) is 0 Å². The number of rotatable bonds is 5. The molecule has 1 amide bonds. The second kappa shape index (κ2) is 6.49. The molecular weight excluding hydrogens is 256 g/mol. The molecule has 0 spiro atoms. The van der Waals surface area contributed by atoms with Gasteiger partial charge in [-0.2, -0.15) is 0 Å². The predicted molar refractivity (Wildman–Crippen MR) is 68.9 cm³/mol. The zero-order valence-electron chi connectivity index (χ0n) is 10.8. The molecule has 1 fully saturated rings. The second-order valence-corrected chi connectivity index (χ2v) is 7.21. The first-order valence-electron chi connectivity index (χ1n) is 6.18. The van der Waals surface area contributed by atoms with Crippen LogP contribution in [0.15, 0.2) is 0 Å². The molecule has 3 unspecified atom stereocenters. The SMILES string of the molecule is CC(CO)C(C)NC(=O)CC1CS(=O)(=O)CCN1. The van der Waals surface area contributed by atoms with E-state index in [1.54, 1.807) is 0 Å². The number of amides is 1. The molecule has 1 saturated heterocycles. The summed E-state index contributed by atoms with van der Waals surface area (Å²) < 4.78 is 22.8. The van der Waals surface area contributed by atoms with Crippen LogP contribution in [-0.2, 0) is 14.6 Å². The number of carbonyl (C=O) groups is 1. The van der Waals surface area contributed by atoms with E-state index in [9.17, 15) is 13.2 Å². The average molecular weight is 278 g/mol. The topological polar surface area (TPSA) is 95.5 Å². The van der Waals surface area contributed by atoms with E-state index in [1.165, 1.54) is 0 Å². The third-order valence-corrected chi connectivity index (χ3v) is 5.00. The molecule has 0 bridgehead atoms. The summed E-state index contributed by atoms with van der Waals surface area (Å²) >= 11 is 0. The van der Waals surface area contributed by atoms with Gasteiger partial charge in [0.2, 0.25) is 5.91 Å². The van der Waals surface area contributed by atoms with Gasteiger partial charge < -0.3 is 15.7 Å². The first-order valence-corrected chi connectivity index (χ1v) is 8.00. The standard InChI is InChI=1S/C11H22N2O4S/c1-8(6-14)9(2)13-11(15)5-10-7-18(16,17)4-3-12-10/h8-10,12,14H,3-7H2,1-2H3,(H,13,15). The largest absolute Gasteiger partial charge is 0.396 e. The Morgan fingerprint density at radius 3 is 2.72 bits per heavy atom. The number of sulfone groups is 1. The average Bonchev–Trinajstić information content (AvgIpc) is 2.26. The molecule has 1 heterocycles. The minimum Gasteiger partial charge on any atom is -0.396 e. The number of hydrogen-bond acceptors (Lipinski definition) is 5. The molecule has 106 valence electrons. The van der Waals surface area contributed by atoms with E-state index in [-0.39, 0.29) is 48.4 Å². The molecule has 7 heteroatoms. The molecule has 1 aliphatic heterocycles. The van der Waals surface area contributed by atoms with E-state index in [0.29, 0.717) is 6.54 Å². The number of aliphatic hydroxyl groups is 1. The van der Waals surface area contributed by atoms with Gasteiger partial charge in [0.25, 0.3) is 0 Å². The highest BCUT2D eigenvalue weighted by atomic mass is 32.2. The van der Waals surface area contributed by atoms with Crippen LogP contribution in [0, 0.1) is 5.92 Å². The van der Waals surface area contributed by atoms with Crippen molar-refractivity contribution in [3.05, 3.63) is 0 Å². The quantitative estimate of drug-likeness (QED) is 0.593. The van der Waals surface area contributed by atoms with E-state index >= 15 is 0 Å². The molecule has 0 saturated carbocycles. The molecule has 0 aromatic carbocycles. The van der Waals surface area contributed by atoms with Crippen molar-refractivity contribution in [3.8, 4) is 0 Å². The van der Waals surface area contributed by atoms with E-state index in [1.807, 2.05) is 13.8 Å². The fraction of sp³-hybridized carbons (Fsp3) is 0.909. The van der Waals surface area contributed by atoms with Crippen LogP contribution in [0.4, 0.5) is 0 Å². The summed E-state index contributed by atoms with van der Waals surface area (Å²) in [5.41, 5.74) is 0. The van der Waals surface area contributed by atoms with E-state index in [2.05, 4.69) is 10.6 Å². The van der Waals surface area contributed by atoms with Crippen LogP contribution in [0.3, 0.4) is 0 Å². The van der Waals surface area contributed by atoms with Crippen LogP contribution in [0.2, 0.25) is 0 Å². The van der Waals surface area contributed by atoms with Crippen LogP contribution in [0.5, 0.6) is 0 Å². The van der Waals surface area contributed by atoms with Gasteiger partial charge in [0.05, 0.1) is 11.5 Å². The molecule has 18 heavy (non-hydrogen) atoms. The molecule has 0 radical (unpaired) electrons. The highest BCUT2D eigenvalue weighted by Crippen LogP contribution is 2.06. The normalized spacial score (nSPS) is 26.3. The molecule has 0 aromatic heterocycles. The molecule has 0 aliphatic carbocycles. The van der Waals surface area contributed by atoms with Crippen LogP contribution in [-0.4, -0.2) is 56.2 Å². The summed E-state index contributed by atoms with van der Waals surface area (Å²) in [6, 6.07) is -0.428. The highest BCUT2D eigenvalue weighted by Gasteiger charge is 2.26. The number of carbonyl (C=O) groups excluding carboxylic acids is 1. The van der Waals surface area contributed by atoms with Crippen LogP contribution < -0.4 is 10.6 Å². The lowest BCUT2D eigenvalue weighted by molar-refractivity contribution is -0.122. The molecule has 1 aliphatic rings.